The molecule has 0 saturated carbocycles. The Morgan fingerprint density at radius 2 is 1.74 bits per heavy atom. The predicted molar refractivity (Wildman–Crippen MR) is 102 cm³/mol. The van der Waals surface area contributed by atoms with Crippen LogP contribution in [0.15, 0.2) is 53.3 Å². The Hall–Kier alpha value is -3.41. The molecule has 0 aliphatic heterocycles. The number of nitrogens with zero attached hydrogens (tertiary/aromatic N) is 1. The summed E-state index contributed by atoms with van der Waals surface area (Å²) < 4.78 is 7.06. The van der Waals surface area contributed by atoms with Crippen molar-refractivity contribution in [2.45, 2.75) is 19.8 Å². The van der Waals surface area contributed by atoms with Crippen LogP contribution in [0.2, 0.25) is 0 Å². The van der Waals surface area contributed by atoms with E-state index in [9.17, 15) is 19.5 Å². The Kier molecular flexibility index (Phi) is 5.07. The summed E-state index contributed by atoms with van der Waals surface area (Å²) in [5, 5.41) is 10.9. The number of fused-ring (bicyclic) bond motifs is 1. The highest BCUT2D eigenvalue weighted by molar-refractivity contribution is 6.04. The molecule has 1 N–H and O–H groups in total. The van der Waals surface area contributed by atoms with Gasteiger partial charge in [-0.2, -0.15) is 0 Å². The minimum atomic E-state index is -0.606. The largest absolute Gasteiger partial charge is 0.506 e. The lowest BCUT2D eigenvalue weighted by molar-refractivity contribution is -0.116. The van der Waals surface area contributed by atoms with E-state index < -0.39 is 11.3 Å². The Morgan fingerprint density at radius 3 is 2.41 bits per heavy atom. The van der Waals surface area contributed by atoms with Gasteiger partial charge in [0.25, 0.3) is 5.56 Å². The molecule has 0 amide bonds. The topological polar surface area (TPSA) is 85.6 Å². The highest BCUT2D eigenvalue weighted by Crippen LogP contribution is 2.31. The van der Waals surface area contributed by atoms with Crippen molar-refractivity contribution in [1.29, 1.82) is 0 Å². The van der Waals surface area contributed by atoms with Gasteiger partial charge in [0.2, 0.25) is 0 Å². The van der Waals surface area contributed by atoms with Gasteiger partial charge >= 0.3 is 0 Å². The van der Waals surface area contributed by atoms with Crippen molar-refractivity contribution in [3.05, 3.63) is 64.4 Å². The molecule has 138 valence electrons. The summed E-state index contributed by atoms with van der Waals surface area (Å²) in [6.45, 7) is 1.37. The quantitative estimate of drug-likeness (QED) is 0.675. The first-order valence-corrected chi connectivity index (χ1v) is 8.49. The standard InChI is InChI=1S/C21H19NO5/c1-13(23)8-11-18(24)19-20(25)16-10-9-15(12-17(16)22(2)21(19)26)27-14-6-4-3-5-7-14/h3-7,9-10,12,25H,8,11H2,1-2H3. The minimum Gasteiger partial charge on any atom is -0.506 e. The molecule has 1 aromatic heterocycles. The summed E-state index contributed by atoms with van der Waals surface area (Å²) in [6, 6.07) is 14.1. The molecule has 0 bridgehead atoms. The zero-order valence-electron chi connectivity index (χ0n) is 15.1. The first-order chi connectivity index (χ1) is 12.9. The number of Topliss-reactive ketones (excluding diaryl/α,β-unsaturated/α-hetero) is 2. The van der Waals surface area contributed by atoms with E-state index in [1.54, 1.807) is 30.3 Å². The number of ether oxygens (including phenoxy) is 1. The lowest BCUT2D eigenvalue weighted by atomic mass is 10.0. The summed E-state index contributed by atoms with van der Waals surface area (Å²) in [5.74, 6) is 0.0757. The maximum absolute atomic E-state index is 12.6. The van der Waals surface area contributed by atoms with Crippen molar-refractivity contribution in [1.82, 2.24) is 4.57 Å². The summed E-state index contributed by atoms with van der Waals surface area (Å²) in [7, 11) is 1.53. The molecule has 2 aromatic carbocycles. The summed E-state index contributed by atoms with van der Waals surface area (Å²) in [6.07, 6.45) is -0.0812. The van der Waals surface area contributed by atoms with Crippen LogP contribution in [0.4, 0.5) is 0 Å². The van der Waals surface area contributed by atoms with Crippen LogP contribution < -0.4 is 10.3 Å². The molecule has 6 nitrogen and oxygen atoms in total. The zero-order chi connectivity index (χ0) is 19.6. The molecule has 0 aliphatic carbocycles. The molecule has 3 aromatic rings. The summed E-state index contributed by atoms with van der Waals surface area (Å²) >= 11 is 0. The number of rotatable bonds is 6. The first-order valence-electron chi connectivity index (χ1n) is 8.49. The van der Waals surface area contributed by atoms with Crippen LogP contribution in [-0.4, -0.2) is 21.2 Å². The van der Waals surface area contributed by atoms with Crippen LogP contribution >= 0.6 is 0 Å². The fraction of sp³-hybridized carbons (Fsp3) is 0.190. The van der Waals surface area contributed by atoms with Crippen molar-refractivity contribution in [2.75, 3.05) is 0 Å². The molecular weight excluding hydrogens is 346 g/mol. The van der Waals surface area contributed by atoms with Crippen molar-refractivity contribution in [3.63, 3.8) is 0 Å². The highest BCUT2D eigenvalue weighted by Gasteiger charge is 2.21. The number of hydrogen-bond acceptors (Lipinski definition) is 5. The van der Waals surface area contributed by atoms with Crippen LogP contribution in [0.5, 0.6) is 17.2 Å². The molecule has 0 saturated heterocycles. The van der Waals surface area contributed by atoms with E-state index in [-0.39, 0.29) is 29.9 Å². The molecule has 27 heavy (non-hydrogen) atoms. The maximum Gasteiger partial charge on any atom is 0.265 e. The van der Waals surface area contributed by atoms with E-state index in [4.69, 9.17) is 4.74 Å². The third-order valence-corrected chi connectivity index (χ3v) is 4.30. The van der Waals surface area contributed by atoms with Crippen LogP contribution in [0.25, 0.3) is 10.9 Å². The number of pyridine rings is 1. The van der Waals surface area contributed by atoms with E-state index >= 15 is 0 Å². The smallest absolute Gasteiger partial charge is 0.265 e. The van der Waals surface area contributed by atoms with Gasteiger partial charge in [0, 0.05) is 31.3 Å². The summed E-state index contributed by atoms with van der Waals surface area (Å²) in [5.41, 5.74) is -0.456. The van der Waals surface area contributed by atoms with Crippen molar-refractivity contribution < 1.29 is 19.4 Å². The molecule has 0 atom stereocenters. The van der Waals surface area contributed by atoms with E-state index in [0.717, 1.165) is 0 Å². The fourth-order valence-electron chi connectivity index (χ4n) is 2.86. The normalized spacial score (nSPS) is 10.7. The molecular formula is C21H19NO5. The number of benzene rings is 2. The van der Waals surface area contributed by atoms with Gasteiger partial charge in [0.15, 0.2) is 5.78 Å². The molecule has 0 radical (unpaired) electrons. The van der Waals surface area contributed by atoms with Crippen LogP contribution in [0, 0.1) is 0 Å². The Balaban J connectivity index is 2.05. The number of aromatic hydroxyl groups is 1. The molecule has 0 spiro atoms. The van der Waals surface area contributed by atoms with Gasteiger partial charge < -0.3 is 19.2 Å². The number of ketones is 2. The third-order valence-electron chi connectivity index (χ3n) is 4.30. The number of hydrogen-bond donors (Lipinski definition) is 1. The lowest BCUT2D eigenvalue weighted by Crippen LogP contribution is -2.25. The van der Waals surface area contributed by atoms with Gasteiger partial charge in [0.05, 0.1) is 5.52 Å². The van der Waals surface area contributed by atoms with E-state index in [1.165, 1.54) is 18.5 Å². The fourth-order valence-corrected chi connectivity index (χ4v) is 2.86. The van der Waals surface area contributed by atoms with Crippen molar-refractivity contribution in [3.8, 4) is 17.2 Å². The number of aromatic nitrogens is 1. The predicted octanol–water partition coefficient (Wildman–Crippen LogP) is 3.59. The van der Waals surface area contributed by atoms with Crippen molar-refractivity contribution >= 4 is 22.5 Å². The number of aryl methyl sites for hydroxylation is 1. The van der Waals surface area contributed by atoms with Crippen molar-refractivity contribution in [2.24, 2.45) is 7.05 Å². The molecule has 0 fully saturated rings. The molecule has 3 rings (SSSR count). The van der Waals surface area contributed by atoms with Crippen LogP contribution in [-0.2, 0) is 11.8 Å². The average Bonchev–Trinajstić information content (AvgIpc) is 2.65. The average molecular weight is 365 g/mol. The third kappa shape index (κ3) is 3.74. The second kappa shape index (κ2) is 7.45. The molecule has 0 unspecified atom stereocenters. The van der Waals surface area contributed by atoms with Gasteiger partial charge in [-0.25, -0.2) is 0 Å². The second-order valence-corrected chi connectivity index (χ2v) is 6.31. The van der Waals surface area contributed by atoms with Gasteiger partial charge in [-0.15, -0.1) is 0 Å². The maximum atomic E-state index is 12.6. The Labute approximate surface area is 155 Å². The van der Waals surface area contributed by atoms with Gasteiger partial charge in [-0.1, -0.05) is 18.2 Å². The van der Waals surface area contributed by atoms with Crippen LogP contribution in [0.1, 0.15) is 30.1 Å². The van der Waals surface area contributed by atoms with E-state index in [2.05, 4.69) is 0 Å². The van der Waals surface area contributed by atoms with E-state index in [0.29, 0.717) is 22.4 Å². The SMILES string of the molecule is CC(=O)CCC(=O)c1c(O)c2ccc(Oc3ccccc3)cc2n(C)c1=O. The van der Waals surface area contributed by atoms with Gasteiger partial charge in [-0.05, 0) is 31.2 Å². The zero-order valence-corrected chi connectivity index (χ0v) is 15.1. The van der Waals surface area contributed by atoms with E-state index in [1.807, 2.05) is 18.2 Å². The van der Waals surface area contributed by atoms with Gasteiger partial charge in [0.1, 0.15) is 28.6 Å². The van der Waals surface area contributed by atoms with Gasteiger partial charge in [-0.3, -0.25) is 9.59 Å². The summed E-state index contributed by atoms with van der Waals surface area (Å²) in [4.78, 5) is 36.1. The molecule has 0 aliphatic rings. The lowest BCUT2D eigenvalue weighted by Gasteiger charge is -2.13. The number of carbonyl (C=O) groups is 2. The second-order valence-electron chi connectivity index (χ2n) is 6.31. The van der Waals surface area contributed by atoms with Crippen LogP contribution in [0.3, 0.4) is 0 Å². The monoisotopic (exact) mass is 365 g/mol. The Morgan fingerprint density at radius 1 is 1.04 bits per heavy atom. The molecule has 1 heterocycles. The highest BCUT2D eigenvalue weighted by atomic mass is 16.5. The number of para-hydroxylation sites is 1. The Bertz CT molecular complexity index is 1080. The minimum absolute atomic E-state index is 0.0311. The first kappa shape index (κ1) is 18.4. The molecule has 6 heteroatoms. The number of carbonyl (C=O) groups excluding carboxylic acids is 2.